The number of nitrogens with one attached hydrogen (secondary N) is 1. The summed E-state index contributed by atoms with van der Waals surface area (Å²) in [5.74, 6) is 0.0641. The van der Waals surface area contributed by atoms with Crippen molar-refractivity contribution in [3.05, 3.63) is 29.8 Å². The number of primary sulfonamides is 1. The van der Waals surface area contributed by atoms with Crippen molar-refractivity contribution in [1.29, 1.82) is 0 Å². The lowest BCUT2D eigenvalue weighted by Crippen LogP contribution is -2.28. The van der Waals surface area contributed by atoms with Crippen molar-refractivity contribution >= 4 is 15.9 Å². The van der Waals surface area contributed by atoms with Crippen LogP contribution in [0.15, 0.2) is 29.2 Å². The average molecular weight is 299 g/mol. The quantitative estimate of drug-likeness (QED) is 0.798. The molecule has 0 saturated carbocycles. The van der Waals surface area contributed by atoms with Crippen molar-refractivity contribution in [2.45, 2.75) is 24.3 Å². The number of carbonyl (C=O) groups excluding carboxylic acids is 1. The Bertz CT molecular complexity index is 553. The third-order valence-corrected chi connectivity index (χ3v) is 3.93. The predicted octanol–water partition coefficient (Wildman–Crippen LogP) is 0.463. The molecule has 0 bridgehead atoms. The molecule has 1 unspecified atom stereocenters. The molecule has 0 saturated heterocycles. The van der Waals surface area contributed by atoms with Gasteiger partial charge >= 0.3 is 0 Å². The van der Waals surface area contributed by atoms with Crippen LogP contribution in [0, 0.1) is 0 Å². The minimum Gasteiger partial charge on any atom is -0.349 e. The van der Waals surface area contributed by atoms with Crippen LogP contribution in [0.4, 0.5) is 0 Å². The Labute approximate surface area is 120 Å². The zero-order chi connectivity index (χ0) is 15.3. The summed E-state index contributed by atoms with van der Waals surface area (Å²) in [6, 6.07) is 6.41. The van der Waals surface area contributed by atoms with Gasteiger partial charge in [0.2, 0.25) is 15.9 Å². The van der Waals surface area contributed by atoms with E-state index in [4.69, 9.17) is 5.14 Å². The highest BCUT2D eigenvalue weighted by molar-refractivity contribution is 7.89. The normalized spacial score (nSPS) is 13.0. The summed E-state index contributed by atoms with van der Waals surface area (Å²) in [4.78, 5) is 13.1. The van der Waals surface area contributed by atoms with E-state index < -0.39 is 10.0 Å². The minimum atomic E-state index is -3.65. The molecule has 0 radical (unpaired) electrons. The van der Waals surface area contributed by atoms with Gasteiger partial charge in [-0.25, -0.2) is 13.6 Å². The van der Waals surface area contributed by atoms with E-state index in [1.54, 1.807) is 31.1 Å². The van der Waals surface area contributed by atoms with E-state index in [-0.39, 0.29) is 16.8 Å². The maximum Gasteiger partial charge on any atom is 0.238 e. The van der Waals surface area contributed by atoms with Crippen LogP contribution in [0.2, 0.25) is 0 Å². The summed E-state index contributed by atoms with van der Waals surface area (Å²) < 4.78 is 22.3. The molecule has 20 heavy (non-hydrogen) atoms. The van der Waals surface area contributed by atoms with Gasteiger partial charge in [0.1, 0.15) is 0 Å². The number of nitrogens with two attached hydrogens (primary N) is 1. The number of rotatable bonds is 6. The number of benzene rings is 1. The summed E-state index contributed by atoms with van der Waals surface area (Å²) >= 11 is 0. The molecule has 3 N–H and O–H groups in total. The van der Waals surface area contributed by atoms with Crippen LogP contribution in [-0.2, 0) is 14.8 Å². The van der Waals surface area contributed by atoms with E-state index in [9.17, 15) is 13.2 Å². The Morgan fingerprint density at radius 3 is 2.30 bits per heavy atom. The molecule has 0 aliphatic heterocycles. The first-order chi connectivity index (χ1) is 9.21. The first kappa shape index (κ1) is 16.6. The first-order valence-electron chi connectivity index (χ1n) is 6.28. The Kier molecular flexibility index (Phi) is 5.67. The summed E-state index contributed by atoms with van der Waals surface area (Å²) in [6.45, 7) is 2.52. The van der Waals surface area contributed by atoms with Gasteiger partial charge in [0.05, 0.1) is 4.90 Å². The fraction of sp³-hybridized carbons (Fsp3) is 0.462. The zero-order valence-corrected chi connectivity index (χ0v) is 12.8. The smallest absolute Gasteiger partial charge is 0.238 e. The molecule has 0 aliphatic carbocycles. The standard InChI is InChI=1S/C13H21N3O3S/c1-10(15-9-8-13(17)16(2)3)11-4-6-12(7-5-11)20(14,18)19/h4-7,10,15H,8-9H2,1-3H3,(H2,14,18,19). The van der Waals surface area contributed by atoms with E-state index >= 15 is 0 Å². The van der Waals surface area contributed by atoms with Crippen molar-refractivity contribution in [1.82, 2.24) is 10.2 Å². The van der Waals surface area contributed by atoms with Crippen LogP contribution in [0.25, 0.3) is 0 Å². The van der Waals surface area contributed by atoms with Gasteiger partial charge in [-0.2, -0.15) is 0 Å². The number of hydrogen-bond acceptors (Lipinski definition) is 4. The number of nitrogens with zero attached hydrogens (tertiary/aromatic N) is 1. The van der Waals surface area contributed by atoms with Gasteiger partial charge in [0.15, 0.2) is 0 Å². The average Bonchev–Trinajstić information content (AvgIpc) is 2.37. The molecule has 1 rings (SSSR count). The molecule has 1 aromatic carbocycles. The van der Waals surface area contributed by atoms with Crippen LogP contribution in [0.1, 0.15) is 24.9 Å². The van der Waals surface area contributed by atoms with Gasteiger partial charge in [0, 0.05) is 33.1 Å². The van der Waals surface area contributed by atoms with Crippen LogP contribution < -0.4 is 10.5 Å². The van der Waals surface area contributed by atoms with Crippen LogP contribution in [0.5, 0.6) is 0 Å². The van der Waals surface area contributed by atoms with Crippen molar-refractivity contribution in [2.75, 3.05) is 20.6 Å². The summed E-state index contributed by atoms with van der Waals surface area (Å²) in [5, 5.41) is 8.25. The molecule has 1 aromatic rings. The Morgan fingerprint density at radius 2 is 1.85 bits per heavy atom. The largest absolute Gasteiger partial charge is 0.349 e. The van der Waals surface area contributed by atoms with E-state index in [2.05, 4.69) is 5.32 Å². The number of hydrogen-bond donors (Lipinski definition) is 2. The second kappa shape index (κ2) is 6.83. The number of amides is 1. The SMILES string of the molecule is CC(NCCC(=O)N(C)C)c1ccc(S(N)(=O)=O)cc1. The predicted molar refractivity (Wildman–Crippen MR) is 77.5 cm³/mol. The third-order valence-electron chi connectivity index (χ3n) is 3.00. The highest BCUT2D eigenvalue weighted by Gasteiger charge is 2.10. The van der Waals surface area contributed by atoms with Gasteiger partial charge in [0.25, 0.3) is 0 Å². The molecular formula is C13H21N3O3S. The first-order valence-corrected chi connectivity index (χ1v) is 7.82. The van der Waals surface area contributed by atoms with E-state index in [1.165, 1.54) is 12.1 Å². The summed E-state index contributed by atoms with van der Waals surface area (Å²) in [7, 11) is -0.214. The van der Waals surface area contributed by atoms with Crippen molar-refractivity contribution in [3.8, 4) is 0 Å². The summed E-state index contributed by atoms with van der Waals surface area (Å²) in [6.07, 6.45) is 0.423. The minimum absolute atomic E-state index is 0.0273. The zero-order valence-electron chi connectivity index (χ0n) is 12.0. The molecular weight excluding hydrogens is 278 g/mol. The Balaban J connectivity index is 2.56. The molecule has 6 nitrogen and oxygen atoms in total. The molecule has 112 valence electrons. The molecule has 0 spiro atoms. The third kappa shape index (κ3) is 4.92. The lowest BCUT2D eigenvalue weighted by Gasteiger charge is -2.15. The maximum atomic E-state index is 11.4. The number of carbonyl (C=O) groups is 1. The second-order valence-corrected chi connectivity index (χ2v) is 6.39. The Hall–Kier alpha value is -1.44. The van der Waals surface area contributed by atoms with Gasteiger partial charge in [-0.3, -0.25) is 4.79 Å². The molecule has 0 heterocycles. The molecule has 7 heteroatoms. The topological polar surface area (TPSA) is 92.5 Å². The van der Waals surface area contributed by atoms with E-state index in [1.807, 2.05) is 6.92 Å². The molecule has 0 aliphatic rings. The summed E-state index contributed by atoms with van der Waals surface area (Å²) in [5.41, 5.74) is 0.940. The second-order valence-electron chi connectivity index (χ2n) is 4.83. The van der Waals surface area contributed by atoms with Crippen molar-refractivity contribution in [3.63, 3.8) is 0 Å². The monoisotopic (exact) mass is 299 g/mol. The van der Waals surface area contributed by atoms with Gasteiger partial charge in [-0.15, -0.1) is 0 Å². The van der Waals surface area contributed by atoms with E-state index in [0.29, 0.717) is 13.0 Å². The fourth-order valence-corrected chi connectivity index (χ4v) is 2.20. The molecule has 1 atom stereocenters. The van der Waals surface area contributed by atoms with Gasteiger partial charge in [-0.1, -0.05) is 12.1 Å². The van der Waals surface area contributed by atoms with E-state index in [0.717, 1.165) is 5.56 Å². The number of sulfonamides is 1. The van der Waals surface area contributed by atoms with Crippen LogP contribution in [-0.4, -0.2) is 39.9 Å². The molecule has 1 amide bonds. The maximum absolute atomic E-state index is 11.4. The van der Waals surface area contributed by atoms with Gasteiger partial charge < -0.3 is 10.2 Å². The van der Waals surface area contributed by atoms with Gasteiger partial charge in [-0.05, 0) is 24.6 Å². The lowest BCUT2D eigenvalue weighted by atomic mass is 10.1. The van der Waals surface area contributed by atoms with Crippen LogP contribution in [0.3, 0.4) is 0 Å². The highest BCUT2D eigenvalue weighted by Crippen LogP contribution is 2.15. The van der Waals surface area contributed by atoms with Crippen molar-refractivity contribution in [2.24, 2.45) is 5.14 Å². The fourth-order valence-electron chi connectivity index (χ4n) is 1.68. The van der Waals surface area contributed by atoms with Crippen LogP contribution >= 0.6 is 0 Å². The molecule has 0 aromatic heterocycles. The lowest BCUT2D eigenvalue weighted by molar-refractivity contribution is -0.128. The Morgan fingerprint density at radius 1 is 1.30 bits per heavy atom. The highest BCUT2D eigenvalue weighted by atomic mass is 32.2. The van der Waals surface area contributed by atoms with Crippen molar-refractivity contribution < 1.29 is 13.2 Å². The molecule has 0 fully saturated rings.